The molecule has 0 aliphatic rings. The summed E-state index contributed by atoms with van der Waals surface area (Å²) in [5.74, 6) is -1.61. The lowest BCUT2D eigenvalue weighted by Gasteiger charge is -2.13. The molecule has 0 aliphatic heterocycles. The molecule has 0 spiro atoms. The van der Waals surface area contributed by atoms with Crippen molar-refractivity contribution < 1.29 is 14.7 Å². The molecular weight excluding hydrogens is 252 g/mol. The van der Waals surface area contributed by atoms with Gasteiger partial charge in [0, 0.05) is 7.05 Å². The van der Waals surface area contributed by atoms with Crippen LogP contribution in [0.2, 0.25) is 0 Å². The van der Waals surface area contributed by atoms with Crippen molar-refractivity contribution in [3.63, 3.8) is 0 Å². The third-order valence-corrected chi connectivity index (χ3v) is 2.66. The standard InChI is InChI=1S/C11H18N4O4/c1-3-4-5-8(10(17)18)13-9(16)6-15-11(19)14(2)7-12-15/h7-8H,3-6H2,1-2H3,(H,13,16)(H,17,18)/t8-/m0/s1. The van der Waals surface area contributed by atoms with Crippen LogP contribution in [0, 0.1) is 0 Å². The maximum Gasteiger partial charge on any atom is 0.345 e. The zero-order valence-corrected chi connectivity index (χ0v) is 11.0. The second-order valence-corrected chi connectivity index (χ2v) is 4.28. The summed E-state index contributed by atoms with van der Waals surface area (Å²) in [5.41, 5.74) is -0.421. The molecular formula is C11H18N4O4. The summed E-state index contributed by atoms with van der Waals surface area (Å²) >= 11 is 0. The van der Waals surface area contributed by atoms with Crippen LogP contribution in [-0.4, -0.2) is 37.4 Å². The summed E-state index contributed by atoms with van der Waals surface area (Å²) in [6, 6.07) is -0.924. The number of carboxylic acid groups (broad SMARTS) is 1. The molecule has 0 unspecified atom stereocenters. The first-order chi connectivity index (χ1) is 8.95. The molecule has 0 radical (unpaired) electrons. The molecule has 2 N–H and O–H groups in total. The Labute approximate surface area is 110 Å². The number of nitrogens with zero attached hydrogens (tertiary/aromatic N) is 3. The number of nitrogens with one attached hydrogen (secondary N) is 1. The van der Waals surface area contributed by atoms with Gasteiger partial charge in [-0.25, -0.2) is 14.3 Å². The molecule has 0 aliphatic carbocycles. The van der Waals surface area contributed by atoms with E-state index in [-0.39, 0.29) is 6.54 Å². The average Bonchev–Trinajstić information content (AvgIpc) is 2.66. The SMILES string of the molecule is CCCC[C@H](NC(=O)Cn1ncn(C)c1=O)C(=O)O. The van der Waals surface area contributed by atoms with Crippen LogP contribution in [0.5, 0.6) is 0 Å². The fourth-order valence-electron chi connectivity index (χ4n) is 1.57. The van der Waals surface area contributed by atoms with Crippen LogP contribution in [-0.2, 0) is 23.2 Å². The number of amides is 1. The largest absolute Gasteiger partial charge is 0.480 e. The molecule has 0 saturated carbocycles. The minimum Gasteiger partial charge on any atom is -0.480 e. The van der Waals surface area contributed by atoms with Gasteiger partial charge in [-0.05, 0) is 6.42 Å². The predicted octanol–water partition coefficient (Wildman–Crippen LogP) is -0.659. The second kappa shape index (κ2) is 6.72. The van der Waals surface area contributed by atoms with Gasteiger partial charge in [0.1, 0.15) is 18.9 Å². The van der Waals surface area contributed by atoms with Crippen molar-refractivity contribution in [3.8, 4) is 0 Å². The van der Waals surface area contributed by atoms with Crippen LogP contribution in [0.25, 0.3) is 0 Å². The third kappa shape index (κ3) is 4.23. The Bertz CT molecular complexity index is 505. The number of unbranched alkanes of at least 4 members (excludes halogenated alkanes) is 1. The Hall–Kier alpha value is -2.12. The van der Waals surface area contributed by atoms with E-state index >= 15 is 0 Å². The number of carbonyl (C=O) groups excluding carboxylic acids is 1. The summed E-state index contributed by atoms with van der Waals surface area (Å²) in [6.07, 6.45) is 3.22. The van der Waals surface area contributed by atoms with Gasteiger partial charge in [0.15, 0.2) is 0 Å². The predicted molar refractivity (Wildman–Crippen MR) is 66.6 cm³/mol. The van der Waals surface area contributed by atoms with Crippen molar-refractivity contribution in [3.05, 3.63) is 16.8 Å². The minimum atomic E-state index is -1.07. The highest BCUT2D eigenvalue weighted by Gasteiger charge is 2.19. The van der Waals surface area contributed by atoms with Crippen LogP contribution < -0.4 is 11.0 Å². The van der Waals surface area contributed by atoms with E-state index in [4.69, 9.17) is 5.11 Å². The van der Waals surface area contributed by atoms with Crippen molar-refractivity contribution in [2.45, 2.75) is 38.8 Å². The van der Waals surface area contributed by atoms with E-state index in [1.54, 1.807) is 0 Å². The average molecular weight is 270 g/mol. The molecule has 1 heterocycles. The number of hydrogen-bond donors (Lipinski definition) is 2. The number of aryl methyl sites for hydroxylation is 1. The highest BCUT2D eigenvalue weighted by molar-refractivity contribution is 5.83. The van der Waals surface area contributed by atoms with Crippen LogP contribution in [0.3, 0.4) is 0 Å². The summed E-state index contributed by atoms with van der Waals surface area (Å²) in [4.78, 5) is 34.1. The molecule has 1 atom stereocenters. The minimum absolute atomic E-state index is 0.282. The number of hydrogen-bond acceptors (Lipinski definition) is 4. The fraction of sp³-hybridized carbons (Fsp3) is 0.636. The van der Waals surface area contributed by atoms with Gasteiger partial charge in [-0.15, -0.1) is 0 Å². The van der Waals surface area contributed by atoms with E-state index < -0.39 is 23.6 Å². The highest BCUT2D eigenvalue weighted by atomic mass is 16.4. The van der Waals surface area contributed by atoms with Gasteiger partial charge in [0.25, 0.3) is 0 Å². The number of aromatic nitrogens is 3. The van der Waals surface area contributed by atoms with Crippen LogP contribution in [0.15, 0.2) is 11.1 Å². The Kier molecular flexibility index (Phi) is 5.28. The van der Waals surface area contributed by atoms with Crippen LogP contribution in [0.4, 0.5) is 0 Å². The topological polar surface area (TPSA) is 106 Å². The number of rotatable bonds is 7. The normalized spacial score (nSPS) is 12.1. The summed E-state index contributed by atoms with van der Waals surface area (Å²) in [5, 5.41) is 15.1. The van der Waals surface area contributed by atoms with Crippen LogP contribution >= 0.6 is 0 Å². The van der Waals surface area contributed by atoms with Gasteiger partial charge in [-0.1, -0.05) is 19.8 Å². The van der Waals surface area contributed by atoms with Crippen molar-refractivity contribution in [2.24, 2.45) is 7.05 Å². The van der Waals surface area contributed by atoms with E-state index in [0.717, 1.165) is 11.1 Å². The van der Waals surface area contributed by atoms with Gasteiger partial charge < -0.3 is 10.4 Å². The fourth-order valence-corrected chi connectivity index (χ4v) is 1.57. The van der Waals surface area contributed by atoms with E-state index in [1.165, 1.54) is 17.9 Å². The van der Waals surface area contributed by atoms with E-state index in [9.17, 15) is 14.4 Å². The molecule has 1 aromatic rings. The zero-order valence-electron chi connectivity index (χ0n) is 11.0. The molecule has 1 aromatic heterocycles. The summed E-state index contributed by atoms with van der Waals surface area (Å²) in [6.45, 7) is 1.66. The Morgan fingerprint density at radius 1 is 1.53 bits per heavy atom. The zero-order chi connectivity index (χ0) is 14.4. The van der Waals surface area contributed by atoms with Gasteiger partial charge >= 0.3 is 11.7 Å². The molecule has 8 heteroatoms. The lowest BCUT2D eigenvalue weighted by molar-refractivity contribution is -0.142. The van der Waals surface area contributed by atoms with Crippen molar-refractivity contribution in [1.82, 2.24) is 19.7 Å². The lowest BCUT2D eigenvalue weighted by Crippen LogP contribution is -2.43. The van der Waals surface area contributed by atoms with Crippen LogP contribution in [0.1, 0.15) is 26.2 Å². The molecule has 106 valence electrons. The molecule has 19 heavy (non-hydrogen) atoms. The van der Waals surface area contributed by atoms with E-state index in [2.05, 4.69) is 10.4 Å². The highest BCUT2D eigenvalue weighted by Crippen LogP contribution is 2.00. The molecule has 1 rings (SSSR count). The lowest BCUT2D eigenvalue weighted by atomic mass is 10.1. The van der Waals surface area contributed by atoms with Crippen molar-refractivity contribution in [1.29, 1.82) is 0 Å². The Morgan fingerprint density at radius 3 is 2.68 bits per heavy atom. The van der Waals surface area contributed by atoms with Gasteiger partial charge in [0.2, 0.25) is 5.91 Å². The first-order valence-electron chi connectivity index (χ1n) is 6.06. The molecule has 0 aromatic carbocycles. The van der Waals surface area contributed by atoms with Gasteiger partial charge in [-0.2, -0.15) is 5.10 Å². The number of carbonyl (C=O) groups is 2. The maximum atomic E-state index is 11.7. The van der Waals surface area contributed by atoms with Crippen molar-refractivity contribution >= 4 is 11.9 Å². The molecule has 0 bridgehead atoms. The van der Waals surface area contributed by atoms with Gasteiger partial charge in [0.05, 0.1) is 0 Å². The summed E-state index contributed by atoms with van der Waals surface area (Å²) < 4.78 is 2.22. The summed E-state index contributed by atoms with van der Waals surface area (Å²) in [7, 11) is 1.52. The Balaban J connectivity index is 2.60. The maximum absolute atomic E-state index is 11.7. The first-order valence-corrected chi connectivity index (χ1v) is 6.06. The third-order valence-electron chi connectivity index (χ3n) is 2.66. The van der Waals surface area contributed by atoms with Crippen molar-refractivity contribution in [2.75, 3.05) is 0 Å². The molecule has 0 fully saturated rings. The van der Waals surface area contributed by atoms with E-state index in [0.29, 0.717) is 12.8 Å². The quantitative estimate of drug-likeness (QED) is 0.684. The molecule has 1 amide bonds. The smallest absolute Gasteiger partial charge is 0.345 e. The molecule has 8 nitrogen and oxygen atoms in total. The number of carboxylic acids is 1. The second-order valence-electron chi connectivity index (χ2n) is 4.28. The monoisotopic (exact) mass is 270 g/mol. The van der Waals surface area contributed by atoms with E-state index in [1.807, 2.05) is 6.92 Å². The molecule has 0 saturated heterocycles. The van der Waals surface area contributed by atoms with Gasteiger partial charge in [-0.3, -0.25) is 9.36 Å². The first kappa shape index (κ1) is 14.9. The number of aliphatic carboxylic acids is 1. The Morgan fingerprint density at radius 2 is 2.21 bits per heavy atom.